The van der Waals surface area contributed by atoms with Crippen molar-refractivity contribution in [1.29, 1.82) is 5.26 Å². The van der Waals surface area contributed by atoms with E-state index in [-0.39, 0.29) is 18.3 Å². The Balaban J connectivity index is 2.17. The molecule has 0 spiro atoms. The van der Waals surface area contributed by atoms with Crippen LogP contribution in [-0.4, -0.2) is 16.2 Å². The van der Waals surface area contributed by atoms with Crippen LogP contribution in [0.1, 0.15) is 25.0 Å². The summed E-state index contributed by atoms with van der Waals surface area (Å²) in [5.74, 6) is 0.618. The van der Waals surface area contributed by atoms with Gasteiger partial charge in [0.25, 0.3) is 0 Å². The van der Waals surface area contributed by atoms with Crippen LogP contribution < -0.4 is 4.74 Å². The van der Waals surface area contributed by atoms with Crippen LogP contribution in [-0.2, 0) is 6.42 Å². The highest BCUT2D eigenvalue weighted by Gasteiger charge is 2.20. The zero-order valence-corrected chi connectivity index (χ0v) is 8.31. The summed E-state index contributed by atoms with van der Waals surface area (Å²) < 4.78 is 5.64. The molecule has 1 aliphatic rings. The minimum atomic E-state index is 0.0750. The van der Waals surface area contributed by atoms with Gasteiger partial charge in [0.15, 0.2) is 0 Å². The molecule has 0 bridgehead atoms. The molecule has 15 heavy (non-hydrogen) atoms. The van der Waals surface area contributed by atoms with Gasteiger partial charge in [-0.1, -0.05) is 0 Å². The second-order valence-corrected chi connectivity index (χ2v) is 3.64. The van der Waals surface area contributed by atoms with Crippen LogP contribution in [0.5, 0.6) is 11.5 Å². The Kier molecular flexibility index (Phi) is 2.72. The van der Waals surface area contributed by atoms with Crippen LogP contribution in [0, 0.1) is 11.3 Å². The van der Waals surface area contributed by atoms with E-state index in [1.54, 1.807) is 0 Å². The first-order valence-electron chi connectivity index (χ1n) is 5.01. The molecule has 1 fully saturated rings. The van der Waals surface area contributed by atoms with Crippen molar-refractivity contribution in [3.8, 4) is 17.6 Å². The van der Waals surface area contributed by atoms with Crippen LogP contribution in [0.15, 0.2) is 12.3 Å². The predicted octanol–water partition coefficient (Wildman–Crippen LogP) is 1.78. The summed E-state index contributed by atoms with van der Waals surface area (Å²) in [6.07, 6.45) is 5.04. The molecule has 1 aliphatic carbocycles. The van der Waals surface area contributed by atoms with Gasteiger partial charge in [0.05, 0.1) is 30.5 Å². The van der Waals surface area contributed by atoms with Crippen LogP contribution >= 0.6 is 0 Å². The molecular weight excluding hydrogens is 192 g/mol. The van der Waals surface area contributed by atoms with Crippen molar-refractivity contribution in [2.75, 3.05) is 0 Å². The first-order valence-corrected chi connectivity index (χ1v) is 5.01. The molecule has 1 N–H and O–H groups in total. The fraction of sp³-hybridized carbons (Fsp3) is 0.455. The van der Waals surface area contributed by atoms with Gasteiger partial charge in [0, 0.05) is 6.07 Å². The lowest BCUT2D eigenvalue weighted by Crippen LogP contribution is -2.25. The molecule has 1 heterocycles. The first-order chi connectivity index (χ1) is 7.29. The van der Waals surface area contributed by atoms with Crippen molar-refractivity contribution in [2.24, 2.45) is 0 Å². The highest BCUT2D eigenvalue weighted by atomic mass is 16.5. The van der Waals surface area contributed by atoms with Crippen molar-refractivity contribution >= 4 is 0 Å². The number of aromatic hydroxyl groups is 1. The van der Waals surface area contributed by atoms with Crippen LogP contribution in [0.25, 0.3) is 0 Å². The second kappa shape index (κ2) is 4.18. The van der Waals surface area contributed by atoms with Gasteiger partial charge in [-0.15, -0.1) is 0 Å². The summed E-state index contributed by atoms with van der Waals surface area (Å²) in [7, 11) is 0. The van der Waals surface area contributed by atoms with E-state index in [1.165, 1.54) is 18.7 Å². The molecule has 0 aliphatic heterocycles. The largest absolute Gasteiger partial charge is 0.506 e. The van der Waals surface area contributed by atoms with E-state index < -0.39 is 0 Å². The topological polar surface area (TPSA) is 66.1 Å². The number of aromatic nitrogens is 1. The zero-order chi connectivity index (χ0) is 10.7. The lowest BCUT2D eigenvalue weighted by Gasteiger charge is -2.27. The summed E-state index contributed by atoms with van der Waals surface area (Å²) in [6.45, 7) is 0. The number of ether oxygens (including phenoxy) is 1. The Morgan fingerprint density at radius 3 is 3.00 bits per heavy atom. The summed E-state index contributed by atoms with van der Waals surface area (Å²) in [4.78, 5) is 3.98. The van der Waals surface area contributed by atoms with Gasteiger partial charge < -0.3 is 9.84 Å². The molecule has 78 valence electrons. The van der Waals surface area contributed by atoms with Crippen LogP contribution in [0.2, 0.25) is 0 Å². The Hall–Kier alpha value is -1.76. The van der Waals surface area contributed by atoms with Gasteiger partial charge in [-0.2, -0.15) is 5.26 Å². The first kappa shape index (κ1) is 9.78. The van der Waals surface area contributed by atoms with Crippen molar-refractivity contribution in [3.63, 3.8) is 0 Å². The maximum atomic E-state index is 9.28. The molecule has 0 radical (unpaired) electrons. The van der Waals surface area contributed by atoms with E-state index in [9.17, 15) is 5.11 Å². The molecule has 1 aromatic heterocycles. The third kappa shape index (κ3) is 2.18. The molecule has 0 unspecified atom stereocenters. The molecule has 1 aromatic rings. The van der Waals surface area contributed by atoms with Crippen LogP contribution in [0.4, 0.5) is 0 Å². The molecular formula is C11H12N2O2. The molecule has 4 heteroatoms. The lowest BCUT2D eigenvalue weighted by atomic mass is 9.96. The minimum absolute atomic E-state index is 0.0750. The summed E-state index contributed by atoms with van der Waals surface area (Å²) >= 11 is 0. The molecule has 0 atom stereocenters. The van der Waals surface area contributed by atoms with Crippen molar-refractivity contribution in [2.45, 2.75) is 31.8 Å². The van der Waals surface area contributed by atoms with E-state index in [2.05, 4.69) is 4.98 Å². The van der Waals surface area contributed by atoms with Gasteiger partial charge in [-0.3, -0.25) is 4.98 Å². The van der Waals surface area contributed by atoms with Gasteiger partial charge in [-0.05, 0) is 19.3 Å². The fourth-order valence-electron chi connectivity index (χ4n) is 1.44. The SMILES string of the molecule is N#CCc1ncc(O)cc1OC1CCC1. The molecule has 2 rings (SSSR count). The summed E-state index contributed by atoms with van der Waals surface area (Å²) in [5.41, 5.74) is 0.599. The Morgan fingerprint density at radius 1 is 1.60 bits per heavy atom. The maximum Gasteiger partial charge on any atom is 0.145 e. The van der Waals surface area contributed by atoms with Gasteiger partial charge >= 0.3 is 0 Å². The zero-order valence-electron chi connectivity index (χ0n) is 8.31. The van der Waals surface area contributed by atoms with E-state index in [4.69, 9.17) is 10.00 Å². The molecule has 0 aromatic carbocycles. The number of nitrogens with zero attached hydrogens (tertiary/aromatic N) is 2. The second-order valence-electron chi connectivity index (χ2n) is 3.64. The molecule has 0 saturated heterocycles. The Morgan fingerprint density at radius 2 is 2.40 bits per heavy atom. The molecule has 0 amide bonds. The third-order valence-electron chi connectivity index (χ3n) is 2.51. The number of pyridine rings is 1. The van der Waals surface area contributed by atoms with Crippen LogP contribution in [0.3, 0.4) is 0 Å². The maximum absolute atomic E-state index is 9.28. The van der Waals surface area contributed by atoms with Gasteiger partial charge in [0.1, 0.15) is 11.5 Å². The van der Waals surface area contributed by atoms with Crippen molar-refractivity contribution in [3.05, 3.63) is 18.0 Å². The fourth-order valence-corrected chi connectivity index (χ4v) is 1.44. The van der Waals surface area contributed by atoms with Crippen molar-refractivity contribution < 1.29 is 9.84 Å². The highest BCUT2D eigenvalue weighted by Crippen LogP contribution is 2.29. The smallest absolute Gasteiger partial charge is 0.145 e. The minimum Gasteiger partial charge on any atom is -0.506 e. The standard InChI is InChI=1S/C11H12N2O2/c12-5-4-10-11(6-8(14)7-13-10)15-9-2-1-3-9/h6-7,9,14H,1-4H2. The van der Waals surface area contributed by atoms with E-state index in [0.717, 1.165) is 12.8 Å². The normalized spacial score (nSPS) is 15.4. The third-order valence-corrected chi connectivity index (χ3v) is 2.51. The lowest BCUT2D eigenvalue weighted by molar-refractivity contribution is 0.118. The van der Waals surface area contributed by atoms with E-state index in [1.807, 2.05) is 6.07 Å². The summed E-state index contributed by atoms with van der Waals surface area (Å²) in [5, 5.41) is 17.9. The van der Waals surface area contributed by atoms with Crippen molar-refractivity contribution in [1.82, 2.24) is 4.98 Å². The number of nitriles is 1. The predicted molar refractivity (Wildman–Crippen MR) is 53.5 cm³/mol. The summed E-state index contributed by atoms with van der Waals surface area (Å²) in [6, 6.07) is 3.55. The molecule has 4 nitrogen and oxygen atoms in total. The monoisotopic (exact) mass is 204 g/mol. The van der Waals surface area contributed by atoms with Gasteiger partial charge in [-0.25, -0.2) is 0 Å². The Bertz CT molecular complexity index is 394. The van der Waals surface area contributed by atoms with E-state index >= 15 is 0 Å². The highest BCUT2D eigenvalue weighted by molar-refractivity contribution is 5.35. The quantitative estimate of drug-likeness (QED) is 0.815. The Labute approximate surface area is 88.1 Å². The average Bonchev–Trinajstić information content (AvgIpc) is 2.16. The number of hydrogen-bond donors (Lipinski definition) is 1. The average molecular weight is 204 g/mol. The van der Waals surface area contributed by atoms with Gasteiger partial charge in [0.2, 0.25) is 0 Å². The number of hydrogen-bond acceptors (Lipinski definition) is 4. The molecule has 1 saturated carbocycles. The van der Waals surface area contributed by atoms with E-state index in [0.29, 0.717) is 11.4 Å². The number of rotatable bonds is 3.